The Kier molecular flexibility index (Phi) is 16.1. The summed E-state index contributed by atoms with van der Waals surface area (Å²) in [6.07, 6.45) is -1.10. The Morgan fingerprint density at radius 1 is 0.800 bits per heavy atom. The molecule has 0 radical (unpaired) electrons. The Morgan fingerprint density at radius 3 is 1.57 bits per heavy atom. The van der Waals surface area contributed by atoms with E-state index in [1.165, 1.54) is 0 Å². The van der Waals surface area contributed by atoms with Crippen molar-refractivity contribution in [3.8, 4) is 0 Å². The van der Waals surface area contributed by atoms with Crippen molar-refractivity contribution in [1.82, 2.24) is 15.1 Å². The van der Waals surface area contributed by atoms with Crippen molar-refractivity contribution in [2.75, 3.05) is 52.6 Å². The predicted molar refractivity (Wildman–Crippen MR) is 146 cm³/mol. The van der Waals surface area contributed by atoms with Gasteiger partial charge in [0.15, 0.2) is 0 Å². The van der Waals surface area contributed by atoms with Gasteiger partial charge in [0, 0.05) is 26.2 Å². The lowest BCUT2D eigenvalue weighted by Crippen LogP contribution is -2.50. The van der Waals surface area contributed by atoms with Crippen LogP contribution < -0.4 is 11.1 Å². The SMILES string of the molecule is CC(C)(C)OC(=O)N[C@H](CC(=O)N1CCOCC1)C(=O)OC(C)(C)C.Cl.NC(CC(=O)N1CCOCC1)C(=O)O. The Morgan fingerprint density at radius 2 is 1.20 bits per heavy atom. The van der Waals surface area contributed by atoms with Gasteiger partial charge < -0.3 is 44.9 Å². The molecule has 0 spiro atoms. The van der Waals surface area contributed by atoms with Gasteiger partial charge in [-0.25, -0.2) is 9.59 Å². The van der Waals surface area contributed by atoms with Crippen LogP contribution in [0, 0.1) is 0 Å². The molecule has 2 aliphatic rings. The van der Waals surface area contributed by atoms with Crippen LogP contribution in [0.3, 0.4) is 0 Å². The maximum absolute atomic E-state index is 12.4. The van der Waals surface area contributed by atoms with Crippen molar-refractivity contribution in [2.45, 2.75) is 77.7 Å². The van der Waals surface area contributed by atoms with E-state index in [2.05, 4.69) is 5.32 Å². The van der Waals surface area contributed by atoms with Gasteiger partial charge in [0.1, 0.15) is 23.3 Å². The maximum atomic E-state index is 12.4. The van der Waals surface area contributed by atoms with Crippen molar-refractivity contribution in [1.29, 1.82) is 0 Å². The van der Waals surface area contributed by atoms with Crippen molar-refractivity contribution >= 4 is 42.3 Å². The number of amides is 3. The number of aliphatic carboxylic acids is 1. The van der Waals surface area contributed by atoms with Gasteiger partial charge in [0.2, 0.25) is 11.8 Å². The number of carboxylic acid groups (broad SMARTS) is 1. The van der Waals surface area contributed by atoms with E-state index in [9.17, 15) is 24.0 Å². The molecule has 1 unspecified atom stereocenters. The zero-order valence-electron chi connectivity index (χ0n) is 24.2. The number of nitrogens with zero attached hydrogens (tertiary/aromatic N) is 2. The number of esters is 1. The van der Waals surface area contributed by atoms with Crippen LogP contribution in [0.4, 0.5) is 4.79 Å². The van der Waals surface area contributed by atoms with Crippen molar-refractivity contribution in [2.24, 2.45) is 5.73 Å². The molecule has 2 rings (SSSR count). The lowest BCUT2D eigenvalue weighted by molar-refractivity contribution is -0.159. The van der Waals surface area contributed by atoms with E-state index in [1.807, 2.05) is 0 Å². The molecule has 0 aromatic heterocycles. The molecule has 2 fully saturated rings. The highest BCUT2D eigenvalue weighted by atomic mass is 35.5. The number of morpholine rings is 2. The van der Waals surface area contributed by atoms with Crippen LogP contribution in [0.1, 0.15) is 54.4 Å². The Balaban J connectivity index is 0.000000860. The van der Waals surface area contributed by atoms with E-state index in [-0.39, 0.29) is 37.1 Å². The number of nitrogens with one attached hydrogen (secondary N) is 1. The summed E-state index contributed by atoms with van der Waals surface area (Å²) in [7, 11) is 0. The summed E-state index contributed by atoms with van der Waals surface area (Å²) >= 11 is 0. The normalized spacial score (nSPS) is 17.2. The summed E-state index contributed by atoms with van der Waals surface area (Å²) in [5.74, 6) is -2.27. The standard InChI is InChI=1S/C17H30N2O6.C8H14N2O4.ClH/c1-16(2,3)24-14(21)12(18-15(22)25-17(4,5)6)11-13(20)19-7-9-23-10-8-19;9-6(8(12)13)5-7(11)10-1-3-14-4-2-10;/h12H,7-11H2,1-6H3,(H,18,22);6H,1-5,9H2,(H,12,13);1H/t12-;;/m1../s1. The number of ether oxygens (including phenoxy) is 4. The van der Waals surface area contributed by atoms with Crippen LogP contribution in [0.15, 0.2) is 0 Å². The molecule has 40 heavy (non-hydrogen) atoms. The van der Waals surface area contributed by atoms with Gasteiger partial charge in [0.25, 0.3) is 0 Å². The first kappa shape index (κ1) is 37.3. The van der Waals surface area contributed by atoms with Crippen molar-refractivity contribution < 1.29 is 48.0 Å². The topological polar surface area (TPSA) is 187 Å². The lowest BCUT2D eigenvalue weighted by atomic mass is 10.1. The zero-order chi connectivity index (χ0) is 29.8. The second-order valence-corrected chi connectivity index (χ2v) is 11.1. The molecule has 0 aromatic rings. The van der Waals surface area contributed by atoms with Crippen molar-refractivity contribution in [3.63, 3.8) is 0 Å². The third-order valence-electron chi connectivity index (χ3n) is 5.20. The molecule has 0 bridgehead atoms. The average molecular weight is 597 g/mol. The van der Waals surface area contributed by atoms with Gasteiger partial charge in [-0.15, -0.1) is 12.4 Å². The van der Waals surface area contributed by atoms with E-state index in [1.54, 1.807) is 51.3 Å². The first-order valence-electron chi connectivity index (χ1n) is 12.9. The molecular formula is C25H45ClN4O10. The largest absolute Gasteiger partial charge is 0.480 e. The molecule has 2 atom stereocenters. The second kappa shape index (κ2) is 17.2. The van der Waals surface area contributed by atoms with Crippen LogP contribution in [0.5, 0.6) is 0 Å². The summed E-state index contributed by atoms with van der Waals surface area (Å²) < 4.78 is 20.8. The summed E-state index contributed by atoms with van der Waals surface area (Å²) in [5, 5.41) is 11.0. The number of nitrogens with two attached hydrogens (primary N) is 1. The van der Waals surface area contributed by atoms with E-state index in [4.69, 9.17) is 29.8 Å². The lowest BCUT2D eigenvalue weighted by Gasteiger charge is -2.30. The van der Waals surface area contributed by atoms with Crippen LogP contribution in [0.2, 0.25) is 0 Å². The van der Waals surface area contributed by atoms with Crippen molar-refractivity contribution in [3.05, 3.63) is 0 Å². The first-order chi connectivity index (χ1) is 18.0. The minimum atomic E-state index is -1.15. The third-order valence-corrected chi connectivity index (χ3v) is 5.20. The summed E-state index contributed by atoms with van der Waals surface area (Å²) in [4.78, 5) is 61.8. The van der Waals surface area contributed by atoms with Crippen LogP contribution in [0.25, 0.3) is 0 Å². The van der Waals surface area contributed by atoms with Gasteiger partial charge in [-0.1, -0.05) is 0 Å². The quantitative estimate of drug-likeness (QED) is 0.348. The molecule has 2 heterocycles. The van der Waals surface area contributed by atoms with Crippen LogP contribution in [-0.4, -0.2) is 121 Å². The molecule has 2 aliphatic heterocycles. The number of hydrogen-bond acceptors (Lipinski definition) is 10. The second-order valence-electron chi connectivity index (χ2n) is 11.1. The minimum absolute atomic E-state index is 0. The Bertz CT molecular complexity index is 848. The van der Waals surface area contributed by atoms with E-state index in [0.29, 0.717) is 52.6 Å². The number of carbonyl (C=O) groups is 5. The number of alkyl carbamates (subject to hydrolysis) is 1. The number of halogens is 1. The smallest absolute Gasteiger partial charge is 0.408 e. The fraction of sp³-hybridized carbons (Fsp3) is 0.800. The Hall–Kier alpha value is -2.68. The fourth-order valence-electron chi connectivity index (χ4n) is 3.35. The van der Waals surface area contributed by atoms with E-state index >= 15 is 0 Å². The molecule has 4 N–H and O–H groups in total. The molecule has 0 aliphatic carbocycles. The van der Waals surface area contributed by atoms with Crippen LogP contribution >= 0.6 is 12.4 Å². The summed E-state index contributed by atoms with van der Waals surface area (Å²) in [6.45, 7) is 14.2. The average Bonchev–Trinajstić information content (AvgIpc) is 2.82. The van der Waals surface area contributed by atoms with Gasteiger partial charge in [-0.05, 0) is 41.5 Å². The highest BCUT2D eigenvalue weighted by Crippen LogP contribution is 2.13. The molecule has 15 heteroatoms. The number of carbonyl (C=O) groups excluding carboxylic acids is 4. The molecular weight excluding hydrogens is 552 g/mol. The Labute approximate surface area is 241 Å². The number of rotatable bonds is 7. The van der Waals surface area contributed by atoms with Gasteiger partial charge in [-0.3, -0.25) is 14.4 Å². The predicted octanol–water partition coefficient (Wildman–Crippen LogP) is 0.539. The fourth-order valence-corrected chi connectivity index (χ4v) is 3.35. The highest BCUT2D eigenvalue weighted by Gasteiger charge is 2.32. The number of carboxylic acids is 1. The molecule has 0 aromatic carbocycles. The summed E-state index contributed by atoms with van der Waals surface area (Å²) in [5.41, 5.74) is 3.81. The number of hydrogen-bond donors (Lipinski definition) is 3. The molecule has 232 valence electrons. The molecule has 3 amide bonds. The van der Waals surface area contributed by atoms with Gasteiger partial charge in [0.05, 0.1) is 39.3 Å². The monoisotopic (exact) mass is 596 g/mol. The van der Waals surface area contributed by atoms with E-state index in [0.717, 1.165) is 0 Å². The van der Waals surface area contributed by atoms with Gasteiger partial charge in [-0.2, -0.15) is 0 Å². The molecule has 2 saturated heterocycles. The third kappa shape index (κ3) is 15.8. The van der Waals surface area contributed by atoms with Crippen LogP contribution in [-0.2, 0) is 38.1 Å². The minimum Gasteiger partial charge on any atom is -0.480 e. The first-order valence-corrected chi connectivity index (χ1v) is 12.9. The molecule has 0 saturated carbocycles. The van der Waals surface area contributed by atoms with E-state index < -0.39 is 41.3 Å². The van der Waals surface area contributed by atoms with Gasteiger partial charge >= 0.3 is 18.0 Å². The highest BCUT2D eigenvalue weighted by molar-refractivity contribution is 5.88. The zero-order valence-corrected chi connectivity index (χ0v) is 25.0. The molecule has 14 nitrogen and oxygen atoms in total. The maximum Gasteiger partial charge on any atom is 0.408 e. The summed E-state index contributed by atoms with van der Waals surface area (Å²) in [6, 6.07) is -2.21.